The van der Waals surface area contributed by atoms with E-state index in [4.69, 9.17) is 14.4 Å². The van der Waals surface area contributed by atoms with Crippen LogP contribution in [0.3, 0.4) is 0 Å². The van der Waals surface area contributed by atoms with Crippen molar-refractivity contribution in [1.82, 2.24) is 5.16 Å². The Labute approximate surface area is 124 Å². The highest BCUT2D eigenvalue weighted by atomic mass is 79.9. The van der Waals surface area contributed by atoms with Gasteiger partial charge < -0.3 is 14.4 Å². The van der Waals surface area contributed by atoms with E-state index in [2.05, 4.69) is 21.1 Å². The summed E-state index contributed by atoms with van der Waals surface area (Å²) in [4.78, 5) is 10.9. The van der Waals surface area contributed by atoms with Crippen molar-refractivity contribution in [2.75, 3.05) is 7.11 Å². The van der Waals surface area contributed by atoms with Crippen molar-refractivity contribution < 1.29 is 19.2 Å². The molecule has 0 amide bonds. The third kappa shape index (κ3) is 2.20. The van der Waals surface area contributed by atoms with Crippen LogP contribution in [0.15, 0.2) is 15.1 Å². The summed E-state index contributed by atoms with van der Waals surface area (Å²) in [5.41, 5.74) is 3.57. The number of methoxy groups -OCH3 is 1. The summed E-state index contributed by atoms with van der Waals surface area (Å²) in [5.74, 6) is 0.0881. The minimum Gasteiger partial charge on any atom is -0.495 e. The number of carboxylic acid groups (broad SMARTS) is 1. The van der Waals surface area contributed by atoms with Gasteiger partial charge in [-0.1, -0.05) is 5.16 Å². The molecule has 0 spiro atoms. The summed E-state index contributed by atoms with van der Waals surface area (Å²) in [5, 5.41) is 12.5. The van der Waals surface area contributed by atoms with Crippen LogP contribution in [0, 0.1) is 20.8 Å². The van der Waals surface area contributed by atoms with Crippen LogP contribution in [0.4, 0.5) is 0 Å². The summed E-state index contributed by atoms with van der Waals surface area (Å²) < 4.78 is 11.4. The number of nitrogens with zero attached hydrogens (tertiary/aromatic N) is 1. The number of carboxylic acids is 1. The van der Waals surface area contributed by atoms with Crippen LogP contribution < -0.4 is 4.74 Å². The highest BCUT2D eigenvalue weighted by Crippen LogP contribution is 2.41. The zero-order valence-corrected chi connectivity index (χ0v) is 13.2. The molecular formula is C14H14BrNO4. The Kier molecular flexibility index (Phi) is 3.85. The van der Waals surface area contributed by atoms with Crippen LogP contribution in [-0.2, 0) is 0 Å². The lowest BCUT2D eigenvalue weighted by Gasteiger charge is -2.16. The Morgan fingerprint density at radius 3 is 2.45 bits per heavy atom. The zero-order chi connectivity index (χ0) is 15.0. The number of rotatable bonds is 3. The fourth-order valence-electron chi connectivity index (χ4n) is 2.19. The maximum absolute atomic E-state index is 10.9. The van der Waals surface area contributed by atoms with Gasteiger partial charge in [0.2, 0.25) is 0 Å². The predicted octanol–water partition coefficient (Wildman–Crippen LogP) is 3.74. The summed E-state index contributed by atoms with van der Waals surface area (Å²) in [6.45, 7) is 5.79. The molecule has 0 aliphatic heterocycles. The first-order valence-electron chi connectivity index (χ1n) is 5.92. The van der Waals surface area contributed by atoms with E-state index >= 15 is 0 Å². The Hall–Kier alpha value is -1.82. The topological polar surface area (TPSA) is 72.6 Å². The van der Waals surface area contributed by atoms with E-state index in [9.17, 15) is 4.79 Å². The van der Waals surface area contributed by atoms with E-state index in [-0.39, 0.29) is 5.69 Å². The van der Waals surface area contributed by atoms with Crippen LogP contribution in [0.1, 0.15) is 27.2 Å². The summed E-state index contributed by atoms with van der Waals surface area (Å²) >= 11 is 3.51. The Morgan fingerprint density at radius 1 is 1.30 bits per heavy atom. The molecule has 0 fully saturated rings. The van der Waals surface area contributed by atoms with Gasteiger partial charge in [-0.3, -0.25) is 0 Å². The molecule has 0 bridgehead atoms. The van der Waals surface area contributed by atoms with Crippen LogP contribution >= 0.6 is 15.9 Å². The summed E-state index contributed by atoms with van der Waals surface area (Å²) in [6.07, 6.45) is 0. The molecule has 1 aromatic heterocycles. The third-order valence-electron chi connectivity index (χ3n) is 3.36. The highest BCUT2D eigenvalue weighted by Gasteiger charge is 2.21. The van der Waals surface area contributed by atoms with E-state index in [1.54, 1.807) is 7.11 Å². The van der Waals surface area contributed by atoms with Gasteiger partial charge in [-0.15, -0.1) is 0 Å². The van der Waals surface area contributed by atoms with Gasteiger partial charge in [-0.05, 0) is 53.4 Å². The predicted molar refractivity (Wildman–Crippen MR) is 77.4 cm³/mol. The maximum Gasteiger partial charge on any atom is 0.358 e. The molecule has 2 rings (SSSR count). The Bertz CT molecular complexity index is 662. The largest absolute Gasteiger partial charge is 0.495 e. The molecule has 0 aliphatic rings. The average Bonchev–Trinajstić information content (AvgIpc) is 2.87. The number of aromatic carboxylic acids is 1. The van der Waals surface area contributed by atoms with Crippen molar-refractivity contribution >= 4 is 21.9 Å². The molecule has 1 aromatic carbocycles. The van der Waals surface area contributed by atoms with Crippen molar-refractivity contribution in [2.45, 2.75) is 20.8 Å². The monoisotopic (exact) mass is 339 g/mol. The van der Waals surface area contributed by atoms with Crippen molar-refractivity contribution in [3.63, 3.8) is 0 Å². The molecule has 2 aromatic rings. The van der Waals surface area contributed by atoms with Gasteiger partial charge in [-0.25, -0.2) is 4.79 Å². The van der Waals surface area contributed by atoms with Gasteiger partial charge >= 0.3 is 5.97 Å². The molecule has 1 heterocycles. The van der Waals surface area contributed by atoms with Crippen LogP contribution in [-0.4, -0.2) is 23.3 Å². The molecule has 106 valence electrons. The standard InChI is InChI=1S/C14H14BrNO4/c1-6-7(2)13(19-4)12(15)8(3)11(6)10-5-9(14(17)18)16-20-10/h5H,1-4H3,(H,17,18). The first-order valence-corrected chi connectivity index (χ1v) is 6.71. The summed E-state index contributed by atoms with van der Waals surface area (Å²) in [6, 6.07) is 1.43. The minimum atomic E-state index is -1.11. The molecule has 0 atom stereocenters. The molecule has 20 heavy (non-hydrogen) atoms. The van der Waals surface area contributed by atoms with Gasteiger partial charge in [0.05, 0.1) is 11.6 Å². The van der Waals surface area contributed by atoms with E-state index in [0.717, 1.165) is 32.5 Å². The first-order chi connectivity index (χ1) is 9.38. The van der Waals surface area contributed by atoms with E-state index in [0.29, 0.717) is 5.76 Å². The second-order valence-corrected chi connectivity index (χ2v) is 5.27. The number of halogens is 1. The maximum atomic E-state index is 10.9. The van der Waals surface area contributed by atoms with Crippen LogP contribution in [0.5, 0.6) is 5.75 Å². The molecular weight excluding hydrogens is 326 g/mol. The Morgan fingerprint density at radius 2 is 1.95 bits per heavy atom. The van der Waals surface area contributed by atoms with Gasteiger partial charge in [-0.2, -0.15) is 0 Å². The minimum absolute atomic E-state index is 0.108. The van der Waals surface area contributed by atoms with Crippen molar-refractivity contribution in [2.24, 2.45) is 0 Å². The molecule has 0 saturated heterocycles. The van der Waals surface area contributed by atoms with E-state index in [1.165, 1.54) is 6.07 Å². The molecule has 0 radical (unpaired) electrons. The lowest BCUT2D eigenvalue weighted by molar-refractivity contribution is 0.0686. The molecule has 5 nitrogen and oxygen atoms in total. The molecule has 0 aliphatic carbocycles. The van der Waals surface area contributed by atoms with Crippen molar-refractivity contribution in [3.8, 4) is 17.1 Å². The smallest absolute Gasteiger partial charge is 0.358 e. The molecule has 0 saturated carbocycles. The van der Waals surface area contributed by atoms with Gasteiger partial charge in [0.25, 0.3) is 0 Å². The second-order valence-electron chi connectivity index (χ2n) is 4.48. The van der Waals surface area contributed by atoms with Gasteiger partial charge in [0.15, 0.2) is 11.5 Å². The van der Waals surface area contributed by atoms with Crippen molar-refractivity contribution in [3.05, 3.63) is 32.9 Å². The van der Waals surface area contributed by atoms with Gasteiger partial charge in [0.1, 0.15) is 5.75 Å². The number of benzene rings is 1. The normalized spacial score (nSPS) is 10.7. The van der Waals surface area contributed by atoms with Gasteiger partial charge in [0, 0.05) is 11.6 Å². The highest BCUT2D eigenvalue weighted by molar-refractivity contribution is 9.10. The lowest BCUT2D eigenvalue weighted by atomic mass is 9.95. The first kappa shape index (κ1) is 14.6. The SMILES string of the molecule is COc1c(C)c(C)c(-c2cc(C(=O)O)no2)c(C)c1Br. The van der Waals surface area contributed by atoms with E-state index in [1.807, 2.05) is 20.8 Å². The van der Waals surface area contributed by atoms with Crippen LogP contribution in [0.2, 0.25) is 0 Å². The quantitative estimate of drug-likeness (QED) is 0.922. The zero-order valence-electron chi connectivity index (χ0n) is 11.6. The Balaban J connectivity index is 2.71. The number of hydrogen-bond acceptors (Lipinski definition) is 4. The van der Waals surface area contributed by atoms with E-state index < -0.39 is 5.97 Å². The number of hydrogen-bond donors (Lipinski definition) is 1. The third-order valence-corrected chi connectivity index (χ3v) is 4.32. The average molecular weight is 340 g/mol. The fourth-order valence-corrected chi connectivity index (χ4v) is 2.85. The molecule has 1 N–H and O–H groups in total. The lowest BCUT2D eigenvalue weighted by Crippen LogP contribution is -1.98. The fraction of sp³-hybridized carbons (Fsp3) is 0.286. The van der Waals surface area contributed by atoms with Crippen molar-refractivity contribution in [1.29, 1.82) is 0 Å². The second kappa shape index (κ2) is 5.28. The molecule has 6 heteroatoms. The summed E-state index contributed by atoms with van der Waals surface area (Å²) in [7, 11) is 1.61. The number of carbonyl (C=O) groups is 1. The molecule has 0 unspecified atom stereocenters. The van der Waals surface area contributed by atoms with Crippen LogP contribution in [0.25, 0.3) is 11.3 Å². The number of aromatic nitrogens is 1. The number of ether oxygens (including phenoxy) is 1.